The highest BCUT2D eigenvalue weighted by atomic mass is 35.5. The van der Waals surface area contributed by atoms with E-state index >= 15 is 0 Å². The molecule has 2 rings (SSSR count). The molecule has 0 bridgehead atoms. The smallest absolute Gasteiger partial charge is 0.135 e. The van der Waals surface area contributed by atoms with Gasteiger partial charge < -0.3 is 4.74 Å². The predicted molar refractivity (Wildman–Crippen MR) is 103 cm³/mol. The number of ether oxygens (including phenoxy) is 1. The normalized spacial score (nSPS) is 10.2. The van der Waals surface area contributed by atoms with Gasteiger partial charge in [0.1, 0.15) is 10.9 Å². The van der Waals surface area contributed by atoms with Crippen molar-refractivity contribution in [2.24, 2.45) is 0 Å². The van der Waals surface area contributed by atoms with Crippen molar-refractivity contribution in [3.05, 3.63) is 50.0 Å². The lowest BCUT2D eigenvalue weighted by Gasteiger charge is -2.12. The topological polar surface area (TPSA) is 35.0 Å². The highest BCUT2D eigenvalue weighted by molar-refractivity contribution is 6.32. The molecule has 5 heteroatoms. The van der Waals surface area contributed by atoms with Crippen LogP contribution in [0.4, 0.5) is 0 Å². The highest BCUT2D eigenvalue weighted by Crippen LogP contribution is 2.29. The Kier molecular flexibility index (Phi) is 7.98. The average molecular weight is 369 g/mol. The van der Waals surface area contributed by atoms with Gasteiger partial charge in [0.15, 0.2) is 0 Å². The number of nitrogens with zero attached hydrogens (tertiary/aromatic N) is 2. The first-order valence-corrected chi connectivity index (χ1v) is 8.84. The molecule has 0 spiro atoms. The fourth-order valence-electron chi connectivity index (χ4n) is 2.55. The molecular weight excluding hydrogens is 343 g/mol. The summed E-state index contributed by atoms with van der Waals surface area (Å²) in [7, 11) is 1.66. The second-order valence-corrected chi connectivity index (χ2v) is 6.40. The van der Waals surface area contributed by atoms with Crippen molar-refractivity contribution in [3.8, 4) is 5.75 Å². The number of hydrogen-bond donors (Lipinski definition) is 0. The molecule has 0 saturated carbocycles. The van der Waals surface area contributed by atoms with E-state index < -0.39 is 0 Å². The van der Waals surface area contributed by atoms with Crippen molar-refractivity contribution in [1.82, 2.24) is 9.97 Å². The van der Waals surface area contributed by atoms with Gasteiger partial charge in [-0.05, 0) is 51.7 Å². The summed E-state index contributed by atoms with van der Waals surface area (Å²) in [6.07, 6.45) is 3.65. The average Bonchev–Trinajstić information content (AvgIpc) is 2.57. The van der Waals surface area contributed by atoms with Crippen molar-refractivity contribution in [3.63, 3.8) is 0 Å². The molecule has 0 saturated heterocycles. The standard InChI is InChI=1S/C10H14ClNO.C9H12ClN/c1-5-8-6(2)9(13-4)7(3)10(11)12-8;1-4-8-7(3)9(10)6(2)5-11-8/h5H2,1-4H3;5H,4H2,1-3H3. The van der Waals surface area contributed by atoms with E-state index in [0.29, 0.717) is 5.15 Å². The molecule has 0 aromatic carbocycles. The van der Waals surface area contributed by atoms with Gasteiger partial charge in [0, 0.05) is 33.7 Å². The Morgan fingerprint density at radius 1 is 0.917 bits per heavy atom. The Morgan fingerprint density at radius 3 is 2.00 bits per heavy atom. The van der Waals surface area contributed by atoms with Crippen LogP contribution in [0.25, 0.3) is 0 Å². The minimum absolute atomic E-state index is 0.541. The zero-order chi connectivity index (χ0) is 18.4. The Morgan fingerprint density at radius 2 is 1.50 bits per heavy atom. The fourth-order valence-corrected chi connectivity index (χ4v) is 2.90. The summed E-state index contributed by atoms with van der Waals surface area (Å²) in [4.78, 5) is 8.56. The molecule has 24 heavy (non-hydrogen) atoms. The van der Waals surface area contributed by atoms with Gasteiger partial charge in [-0.25, -0.2) is 4.98 Å². The van der Waals surface area contributed by atoms with Crippen molar-refractivity contribution in [1.29, 1.82) is 0 Å². The molecule has 0 unspecified atom stereocenters. The van der Waals surface area contributed by atoms with Crippen LogP contribution in [0.15, 0.2) is 6.20 Å². The summed E-state index contributed by atoms with van der Waals surface area (Å²) in [5.41, 5.74) is 6.29. The molecule has 2 aromatic rings. The van der Waals surface area contributed by atoms with Crippen LogP contribution in [0.5, 0.6) is 5.75 Å². The maximum absolute atomic E-state index is 6.02. The zero-order valence-corrected chi connectivity index (χ0v) is 17.1. The van der Waals surface area contributed by atoms with Crippen LogP contribution in [0, 0.1) is 27.7 Å². The predicted octanol–water partition coefficient (Wildman–Crippen LogP) is 5.84. The first-order chi connectivity index (χ1) is 11.3. The molecular formula is C19H26Cl2N2O. The Hall–Kier alpha value is -1.32. The maximum atomic E-state index is 6.02. The lowest BCUT2D eigenvalue weighted by atomic mass is 10.1. The number of aryl methyl sites for hydroxylation is 3. The summed E-state index contributed by atoms with van der Waals surface area (Å²) in [6.45, 7) is 12.1. The van der Waals surface area contributed by atoms with Gasteiger partial charge in [0.2, 0.25) is 0 Å². The van der Waals surface area contributed by atoms with Crippen molar-refractivity contribution in [2.75, 3.05) is 7.11 Å². The quantitative estimate of drug-likeness (QED) is 0.638. The third-order valence-corrected chi connectivity index (χ3v) is 5.00. The van der Waals surface area contributed by atoms with Crippen LogP contribution in [0.3, 0.4) is 0 Å². The molecule has 132 valence electrons. The first-order valence-electron chi connectivity index (χ1n) is 8.08. The number of rotatable bonds is 3. The molecule has 3 nitrogen and oxygen atoms in total. The van der Waals surface area contributed by atoms with Crippen LogP contribution < -0.4 is 4.74 Å². The number of hydrogen-bond acceptors (Lipinski definition) is 3. The summed E-state index contributed by atoms with van der Waals surface area (Å²) in [5, 5.41) is 1.40. The minimum atomic E-state index is 0.541. The zero-order valence-electron chi connectivity index (χ0n) is 15.6. The molecule has 0 radical (unpaired) electrons. The van der Waals surface area contributed by atoms with Crippen molar-refractivity contribution >= 4 is 23.2 Å². The largest absolute Gasteiger partial charge is 0.496 e. The lowest BCUT2D eigenvalue weighted by Crippen LogP contribution is -2.00. The van der Waals surface area contributed by atoms with E-state index in [9.17, 15) is 0 Å². The van der Waals surface area contributed by atoms with Gasteiger partial charge in [-0.2, -0.15) is 0 Å². The van der Waals surface area contributed by atoms with Crippen molar-refractivity contribution < 1.29 is 4.74 Å². The van der Waals surface area contributed by atoms with Crippen LogP contribution in [0.2, 0.25) is 10.2 Å². The molecule has 0 aliphatic carbocycles. The molecule has 0 N–H and O–H groups in total. The summed E-state index contributed by atoms with van der Waals surface area (Å²) in [5.74, 6) is 0.858. The molecule has 0 amide bonds. The van der Waals surface area contributed by atoms with Gasteiger partial charge in [-0.1, -0.05) is 37.0 Å². The van der Waals surface area contributed by atoms with E-state index in [-0.39, 0.29) is 0 Å². The van der Waals surface area contributed by atoms with Gasteiger partial charge in [-0.15, -0.1) is 0 Å². The first kappa shape index (κ1) is 20.7. The van der Waals surface area contributed by atoms with Crippen molar-refractivity contribution in [2.45, 2.75) is 54.4 Å². The number of aromatic nitrogens is 2. The molecule has 2 heterocycles. The number of methoxy groups -OCH3 is 1. The van der Waals surface area contributed by atoms with E-state index in [4.69, 9.17) is 27.9 Å². The van der Waals surface area contributed by atoms with Crippen LogP contribution in [-0.2, 0) is 12.8 Å². The number of halogens is 2. The summed E-state index contributed by atoms with van der Waals surface area (Å²) < 4.78 is 5.27. The van der Waals surface area contributed by atoms with E-state index in [1.165, 1.54) is 0 Å². The lowest BCUT2D eigenvalue weighted by molar-refractivity contribution is 0.407. The maximum Gasteiger partial charge on any atom is 0.135 e. The van der Waals surface area contributed by atoms with E-state index in [0.717, 1.165) is 57.3 Å². The van der Waals surface area contributed by atoms with Gasteiger partial charge >= 0.3 is 0 Å². The highest BCUT2D eigenvalue weighted by Gasteiger charge is 2.11. The summed E-state index contributed by atoms with van der Waals surface area (Å²) in [6, 6.07) is 0. The Bertz CT molecular complexity index is 715. The Labute approximate surface area is 155 Å². The third-order valence-electron chi connectivity index (χ3n) is 4.05. The SMILES string of the molecule is CCc1nc(Cl)c(C)c(OC)c1C.CCc1ncc(C)c(Cl)c1C. The molecule has 0 fully saturated rings. The second kappa shape index (κ2) is 9.24. The van der Waals surface area contributed by atoms with Gasteiger partial charge in [0.05, 0.1) is 7.11 Å². The third kappa shape index (κ3) is 4.61. The summed E-state index contributed by atoms with van der Waals surface area (Å²) >= 11 is 12.0. The molecule has 2 aromatic heterocycles. The molecule has 0 aliphatic rings. The van der Waals surface area contributed by atoms with E-state index in [1.54, 1.807) is 7.11 Å². The molecule has 0 aliphatic heterocycles. The van der Waals surface area contributed by atoms with E-state index in [1.807, 2.05) is 33.9 Å². The minimum Gasteiger partial charge on any atom is -0.496 e. The monoisotopic (exact) mass is 368 g/mol. The van der Waals surface area contributed by atoms with Crippen LogP contribution >= 0.6 is 23.2 Å². The van der Waals surface area contributed by atoms with Crippen LogP contribution in [-0.4, -0.2) is 17.1 Å². The second-order valence-electron chi connectivity index (χ2n) is 5.67. The van der Waals surface area contributed by atoms with Gasteiger partial charge in [0.25, 0.3) is 0 Å². The molecule has 0 atom stereocenters. The van der Waals surface area contributed by atoms with E-state index in [2.05, 4.69) is 23.8 Å². The number of pyridine rings is 2. The Balaban J connectivity index is 0.000000243. The fraction of sp³-hybridized carbons (Fsp3) is 0.474. The van der Waals surface area contributed by atoms with Gasteiger partial charge in [-0.3, -0.25) is 4.98 Å². The van der Waals surface area contributed by atoms with Crippen LogP contribution in [0.1, 0.15) is 47.5 Å².